The number of carbonyl (C=O) groups excluding carboxylic acids is 1. The molecule has 0 atom stereocenters. The predicted octanol–water partition coefficient (Wildman–Crippen LogP) is 9.95. The van der Waals surface area contributed by atoms with Crippen LogP contribution in [-0.4, -0.2) is 15.9 Å². The number of hydrogen-bond donors (Lipinski definition) is 1. The Balaban J connectivity index is 0.000000475. The molecule has 5 heteroatoms. The van der Waals surface area contributed by atoms with Gasteiger partial charge in [-0.2, -0.15) is 0 Å². The van der Waals surface area contributed by atoms with Gasteiger partial charge in [-0.15, -0.1) is 35.4 Å². The van der Waals surface area contributed by atoms with Crippen LogP contribution in [0.2, 0.25) is 0 Å². The number of ketones is 1. The maximum atomic E-state index is 10.0. The van der Waals surface area contributed by atoms with E-state index in [4.69, 9.17) is 14.5 Å². The van der Waals surface area contributed by atoms with Gasteiger partial charge in [0, 0.05) is 37.1 Å². The molecule has 0 bridgehead atoms. The number of carbonyl (C=O) groups is 1. The SMILES string of the molecule is CC(=O)/C=C(/C)O.Cc1cccc(C)c1-c1ccc(-c2cc3ccc(-c4[c-]ccc(-c5ccccc5)c4)nc3o2)cc1.[Ir]. The number of pyridine rings is 1. The number of hydrogen-bond acceptors (Lipinski definition) is 4. The van der Waals surface area contributed by atoms with E-state index in [0.717, 1.165) is 33.5 Å². The second-order valence-corrected chi connectivity index (χ2v) is 10.3. The molecular weight excluding hydrogens is 711 g/mol. The minimum absolute atomic E-state index is 0. The Kier molecular flexibility index (Phi) is 10.3. The van der Waals surface area contributed by atoms with Crippen LogP contribution in [0.25, 0.3) is 55.9 Å². The van der Waals surface area contributed by atoms with Crippen molar-refractivity contribution in [3.63, 3.8) is 0 Å². The molecule has 0 saturated heterocycles. The van der Waals surface area contributed by atoms with Crippen LogP contribution in [0.3, 0.4) is 0 Å². The third-order valence-corrected chi connectivity index (χ3v) is 6.92. The van der Waals surface area contributed by atoms with Crippen molar-refractivity contribution in [2.24, 2.45) is 0 Å². The number of aliphatic hydroxyl groups is 1. The van der Waals surface area contributed by atoms with Crippen molar-refractivity contribution in [2.45, 2.75) is 27.7 Å². The van der Waals surface area contributed by atoms with Gasteiger partial charge in [-0.25, -0.2) is 0 Å². The van der Waals surface area contributed by atoms with Crippen LogP contribution in [0.4, 0.5) is 0 Å². The summed E-state index contributed by atoms with van der Waals surface area (Å²) >= 11 is 0. The molecule has 2 heterocycles. The molecule has 4 nitrogen and oxygen atoms in total. The zero-order chi connectivity index (χ0) is 29.6. The standard InChI is InChI=1S/C33H24NO.C5H8O2.Ir/c1-22-8-6-9-23(2)32(22)26-16-14-25(15-17-26)31-21-29-18-19-30(34-33(29)35-31)28-13-7-12-27(20-28)24-10-4-3-5-11-24;1-4(6)3-5(2)7;/h3-12,14-21H,1-2H3;3,6H,1-2H3;/q-1;;/b;4-3-;. The van der Waals surface area contributed by atoms with Crippen molar-refractivity contribution in [3.05, 3.63) is 138 Å². The minimum atomic E-state index is -0.125. The third-order valence-electron chi connectivity index (χ3n) is 6.92. The van der Waals surface area contributed by atoms with Crippen molar-refractivity contribution in [3.8, 4) is 44.8 Å². The van der Waals surface area contributed by atoms with Gasteiger partial charge in [0.2, 0.25) is 5.71 Å². The summed E-state index contributed by atoms with van der Waals surface area (Å²) in [5, 5.41) is 9.35. The predicted molar refractivity (Wildman–Crippen MR) is 171 cm³/mol. The molecule has 43 heavy (non-hydrogen) atoms. The fourth-order valence-electron chi connectivity index (χ4n) is 5.00. The molecule has 0 unspecified atom stereocenters. The number of rotatable bonds is 5. The quantitative estimate of drug-likeness (QED) is 0.109. The second kappa shape index (κ2) is 14.1. The van der Waals surface area contributed by atoms with Crippen LogP contribution in [-0.2, 0) is 24.9 Å². The van der Waals surface area contributed by atoms with E-state index >= 15 is 0 Å². The minimum Gasteiger partial charge on any atom is -0.512 e. The van der Waals surface area contributed by atoms with Gasteiger partial charge in [0.15, 0.2) is 5.78 Å². The molecule has 217 valence electrons. The van der Waals surface area contributed by atoms with Crippen molar-refractivity contribution in [1.82, 2.24) is 4.98 Å². The molecule has 2 aromatic heterocycles. The Hall–Kier alpha value is -4.57. The summed E-state index contributed by atoms with van der Waals surface area (Å²) in [6, 6.07) is 41.0. The van der Waals surface area contributed by atoms with Crippen LogP contribution < -0.4 is 0 Å². The van der Waals surface area contributed by atoms with Gasteiger partial charge in [-0.3, -0.25) is 9.78 Å². The van der Waals surface area contributed by atoms with E-state index in [1.807, 2.05) is 18.2 Å². The maximum Gasteiger partial charge on any atom is 0.217 e. The number of allylic oxidation sites excluding steroid dienone is 2. The van der Waals surface area contributed by atoms with E-state index in [2.05, 4.69) is 111 Å². The van der Waals surface area contributed by atoms with E-state index in [1.54, 1.807) is 0 Å². The Morgan fingerprint density at radius 2 is 1.44 bits per heavy atom. The summed E-state index contributed by atoms with van der Waals surface area (Å²) in [4.78, 5) is 14.8. The topological polar surface area (TPSA) is 63.3 Å². The average molecular weight is 743 g/mol. The number of benzene rings is 4. The van der Waals surface area contributed by atoms with E-state index in [0.29, 0.717) is 5.71 Å². The van der Waals surface area contributed by atoms with Crippen molar-refractivity contribution in [1.29, 1.82) is 0 Å². The van der Waals surface area contributed by atoms with E-state index < -0.39 is 0 Å². The molecule has 0 aliphatic heterocycles. The Bertz CT molecular complexity index is 1860. The molecule has 0 aliphatic rings. The van der Waals surface area contributed by atoms with Gasteiger partial charge in [0.1, 0.15) is 5.76 Å². The Morgan fingerprint density at radius 1 is 0.767 bits per heavy atom. The summed E-state index contributed by atoms with van der Waals surface area (Å²) in [5.74, 6) is 0.757. The molecular formula is C38H32IrNO3-. The normalized spacial score (nSPS) is 10.9. The molecule has 0 amide bonds. The zero-order valence-corrected chi connectivity index (χ0v) is 26.9. The number of fused-ring (bicyclic) bond motifs is 1. The number of aromatic nitrogens is 1. The van der Waals surface area contributed by atoms with Gasteiger partial charge >= 0.3 is 0 Å². The van der Waals surface area contributed by atoms with Crippen molar-refractivity contribution < 1.29 is 34.4 Å². The largest absolute Gasteiger partial charge is 0.512 e. The van der Waals surface area contributed by atoms with Crippen molar-refractivity contribution >= 4 is 16.9 Å². The number of aliphatic hydroxyl groups excluding tert-OH is 1. The Morgan fingerprint density at radius 3 is 2.07 bits per heavy atom. The second-order valence-electron chi connectivity index (χ2n) is 10.3. The summed E-state index contributed by atoms with van der Waals surface area (Å²) in [6.07, 6.45) is 1.17. The van der Waals surface area contributed by atoms with E-state index in [9.17, 15) is 4.79 Å². The number of nitrogens with zero attached hydrogens (tertiary/aromatic N) is 1. The maximum absolute atomic E-state index is 10.0. The number of furan rings is 1. The third kappa shape index (κ3) is 7.64. The van der Waals surface area contributed by atoms with Crippen LogP contribution in [0.15, 0.2) is 125 Å². The summed E-state index contributed by atoms with van der Waals surface area (Å²) in [7, 11) is 0. The first-order chi connectivity index (χ1) is 20.3. The zero-order valence-electron chi connectivity index (χ0n) is 24.5. The molecule has 4 aromatic carbocycles. The van der Waals surface area contributed by atoms with Gasteiger partial charge in [0.25, 0.3) is 0 Å². The molecule has 6 rings (SSSR count). The molecule has 1 radical (unpaired) electrons. The molecule has 0 fully saturated rings. The molecule has 0 aliphatic carbocycles. The first kappa shape index (κ1) is 31.4. The monoisotopic (exact) mass is 743 g/mol. The van der Waals surface area contributed by atoms with Gasteiger partial charge in [-0.05, 0) is 67.3 Å². The summed E-state index contributed by atoms with van der Waals surface area (Å²) in [6.45, 7) is 7.17. The molecule has 0 saturated carbocycles. The first-order valence-electron chi connectivity index (χ1n) is 13.8. The van der Waals surface area contributed by atoms with Gasteiger partial charge in [0.05, 0.1) is 5.76 Å². The van der Waals surface area contributed by atoms with Crippen molar-refractivity contribution in [2.75, 3.05) is 0 Å². The average Bonchev–Trinajstić information content (AvgIpc) is 3.41. The van der Waals surface area contributed by atoms with Crippen LogP contribution in [0.5, 0.6) is 0 Å². The molecule has 0 spiro atoms. The van der Waals surface area contributed by atoms with Gasteiger partial charge < -0.3 is 9.52 Å². The van der Waals surface area contributed by atoms with E-state index in [1.165, 1.54) is 47.7 Å². The van der Waals surface area contributed by atoms with Crippen LogP contribution in [0.1, 0.15) is 25.0 Å². The Labute approximate surface area is 266 Å². The number of aryl methyl sites for hydroxylation is 2. The fourth-order valence-corrected chi connectivity index (χ4v) is 5.00. The van der Waals surface area contributed by atoms with Crippen LogP contribution >= 0.6 is 0 Å². The molecule has 1 N–H and O–H groups in total. The van der Waals surface area contributed by atoms with Crippen LogP contribution in [0, 0.1) is 19.9 Å². The summed E-state index contributed by atoms with van der Waals surface area (Å²) in [5.41, 5.74) is 10.9. The summed E-state index contributed by atoms with van der Waals surface area (Å²) < 4.78 is 6.20. The van der Waals surface area contributed by atoms with E-state index in [-0.39, 0.29) is 31.6 Å². The smallest absolute Gasteiger partial charge is 0.217 e. The molecule has 6 aromatic rings. The van der Waals surface area contributed by atoms with Gasteiger partial charge in [-0.1, -0.05) is 84.9 Å². The first-order valence-corrected chi connectivity index (χ1v) is 13.8. The fraction of sp³-hybridized carbons (Fsp3) is 0.105.